The van der Waals surface area contributed by atoms with Crippen LogP contribution in [0.3, 0.4) is 0 Å². The van der Waals surface area contributed by atoms with Gasteiger partial charge in [-0.05, 0) is 42.8 Å². The van der Waals surface area contributed by atoms with E-state index in [4.69, 9.17) is 13.9 Å². The zero-order chi connectivity index (χ0) is 19.9. The number of hydrogen-bond acceptors (Lipinski definition) is 7. The summed E-state index contributed by atoms with van der Waals surface area (Å²) in [4.78, 5) is 12.1. The van der Waals surface area contributed by atoms with Crippen LogP contribution in [0.25, 0.3) is 11.5 Å². The first kappa shape index (κ1) is 19.9. The van der Waals surface area contributed by atoms with Crippen molar-refractivity contribution < 1.29 is 23.1 Å². The Labute approximate surface area is 166 Å². The van der Waals surface area contributed by atoms with Crippen LogP contribution in [0.4, 0.5) is 4.39 Å². The summed E-state index contributed by atoms with van der Waals surface area (Å²) in [7, 11) is 3.14. The highest BCUT2D eigenvalue weighted by atomic mass is 32.2. The van der Waals surface area contributed by atoms with Crippen molar-refractivity contribution in [2.24, 2.45) is 0 Å². The summed E-state index contributed by atoms with van der Waals surface area (Å²) >= 11 is 1.38. The predicted octanol–water partition coefficient (Wildman–Crippen LogP) is 4.65. The SMILES string of the molecule is COc1ccc(-c2nnc(SCCCC(=O)c3ccc(F)cc3)o2)c(OC)c1. The van der Waals surface area contributed by atoms with Crippen LogP contribution in [0.15, 0.2) is 52.1 Å². The van der Waals surface area contributed by atoms with Crippen LogP contribution in [-0.2, 0) is 0 Å². The summed E-state index contributed by atoms with van der Waals surface area (Å²) in [6, 6.07) is 10.9. The molecule has 0 unspecified atom stereocenters. The van der Waals surface area contributed by atoms with Crippen LogP contribution in [0.1, 0.15) is 23.2 Å². The van der Waals surface area contributed by atoms with Crippen LogP contribution in [-0.4, -0.2) is 36.0 Å². The molecule has 1 aromatic heterocycles. The number of thioether (sulfide) groups is 1. The summed E-state index contributed by atoms with van der Waals surface area (Å²) in [6.45, 7) is 0. The van der Waals surface area contributed by atoms with E-state index >= 15 is 0 Å². The third kappa shape index (κ3) is 4.89. The Kier molecular flexibility index (Phi) is 6.65. The lowest BCUT2D eigenvalue weighted by Crippen LogP contribution is -1.99. The van der Waals surface area contributed by atoms with Crippen LogP contribution in [0.5, 0.6) is 11.5 Å². The molecule has 6 nitrogen and oxygen atoms in total. The van der Waals surface area contributed by atoms with Gasteiger partial charge in [0.25, 0.3) is 11.1 Å². The lowest BCUT2D eigenvalue weighted by Gasteiger charge is -2.07. The van der Waals surface area contributed by atoms with E-state index < -0.39 is 0 Å². The van der Waals surface area contributed by atoms with E-state index in [1.807, 2.05) is 0 Å². The lowest BCUT2D eigenvalue weighted by molar-refractivity contribution is 0.0982. The lowest BCUT2D eigenvalue weighted by atomic mass is 10.1. The average molecular weight is 402 g/mol. The Morgan fingerprint density at radius 1 is 1.11 bits per heavy atom. The summed E-state index contributed by atoms with van der Waals surface area (Å²) in [5, 5.41) is 8.51. The zero-order valence-electron chi connectivity index (χ0n) is 15.5. The number of carbonyl (C=O) groups is 1. The predicted molar refractivity (Wildman–Crippen MR) is 104 cm³/mol. The first-order valence-corrected chi connectivity index (χ1v) is 9.56. The van der Waals surface area contributed by atoms with E-state index in [9.17, 15) is 9.18 Å². The van der Waals surface area contributed by atoms with Gasteiger partial charge < -0.3 is 13.9 Å². The van der Waals surface area contributed by atoms with Gasteiger partial charge >= 0.3 is 0 Å². The topological polar surface area (TPSA) is 74.5 Å². The van der Waals surface area contributed by atoms with E-state index in [2.05, 4.69) is 10.2 Å². The third-order valence-electron chi connectivity index (χ3n) is 3.99. The molecule has 0 saturated heterocycles. The highest BCUT2D eigenvalue weighted by molar-refractivity contribution is 7.99. The van der Waals surface area contributed by atoms with Gasteiger partial charge in [0.2, 0.25) is 0 Å². The van der Waals surface area contributed by atoms with Crippen molar-refractivity contribution in [3.8, 4) is 23.0 Å². The highest BCUT2D eigenvalue weighted by Crippen LogP contribution is 2.33. The van der Waals surface area contributed by atoms with Crippen molar-refractivity contribution >= 4 is 17.5 Å². The minimum atomic E-state index is -0.354. The number of ketones is 1. The van der Waals surface area contributed by atoms with Gasteiger partial charge in [-0.3, -0.25) is 4.79 Å². The first-order chi connectivity index (χ1) is 13.6. The van der Waals surface area contributed by atoms with Crippen LogP contribution in [0.2, 0.25) is 0 Å². The molecule has 0 amide bonds. The molecule has 0 radical (unpaired) electrons. The molecule has 0 saturated carbocycles. The Morgan fingerprint density at radius 2 is 1.89 bits per heavy atom. The zero-order valence-corrected chi connectivity index (χ0v) is 16.3. The molecule has 2 aromatic carbocycles. The van der Waals surface area contributed by atoms with Gasteiger partial charge in [0.15, 0.2) is 5.78 Å². The molecular formula is C20H19FN2O4S. The van der Waals surface area contributed by atoms with E-state index in [1.54, 1.807) is 32.4 Å². The molecule has 0 aliphatic heterocycles. The molecule has 3 rings (SSSR count). The molecule has 28 heavy (non-hydrogen) atoms. The maximum absolute atomic E-state index is 12.9. The van der Waals surface area contributed by atoms with Gasteiger partial charge in [0.1, 0.15) is 17.3 Å². The number of halogens is 1. The maximum Gasteiger partial charge on any atom is 0.276 e. The standard InChI is InChI=1S/C20H19FN2O4S/c1-25-15-9-10-16(18(12-15)26-2)19-22-23-20(27-19)28-11-3-4-17(24)13-5-7-14(21)8-6-13/h5-10,12H,3-4,11H2,1-2H3. The van der Waals surface area contributed by atoms with Crippen molar-refractivity contribution in [2.75, 3.05) is 20.0 Å². The molecule has 0 aliphatic carbocycles. The minimum absolute atomic E-state index is 0.0187. The number of benzene rings is 2. The van der Waals surface area contributed by atoms with E-state index in [0.29, 0.717) is 52.3 Å². The fourth-order valence-corrected chi connectivity index (χ4v) is 3.22. The summed E-state index contributed by atoms with van der Waals surface area (Å²) in [5.41, 5.74) is 1.19. The number of rotatable bonds is 9. The van der Waals surface area contributed by atoms with Gasteiger partial charge in [0, 0.05) is 23.8 Å². The van der Waals surface area contributed by atoms with Crippen molar-refractivity contribution in [2.45, 2.75) is 18.1 Å². The van der Waals surface area contributed by atoms with Crippen LogP contribution < -0.4 is 9.47 Å². The van der Waals surface area contributed by atoms with Gasteiger partial charge in [-0.1, -0.05) is 11.8 Å². The molecule has 0 N–H and O–H groups in total. The monoisotopic (exact) mass is 402 g/mol. The number of ether oxygens (including phenoxy) is 2. The smallest absolute Gasteiger partial charge is 0.276 e. The molecule has 0 spiro atoms. The first-order valence-electron chi connectivity index (χ1n) is 8.58. The normalized spacial score (nSPS) is 10.7. The van der Waals surface area contributed by atoms with Crippen LogP contribution >= 0.6 is 11.8 Å². The number of nitrogens with zero attached hydrogens (tertiary/aromatic N) is 2. The molecular weight excluding hydrogens is 383 g/mol. The second-order valence-corrected chi connectivity index (χ2v) is 6.87. The fraction of sp³-hybridized carbons (Fsp3) is 0.250. The average Bonchev–Trinajstić information content (AvgIpc) is 3.19. The van der Waals surface area contributed by atoms with E-state index in [-0.39, 0.29) is 11.6 Å². The second-order valence-electron chi connectivity index (χ2n) is 5.82. The van der Waals surface area contributed by atoms with Crippen LogP contribution in [0, 0.1) is 5.82 Å². The molecule has 0 fully saturated rings. The number of Topliss-reactive ketones (excluding diaryl/α,β-unsaturated/α-hetero) is 1. The minimum Gasteiger partial charge on any atom is -0.497 e. The van der Waals surface area contributed by atoms with E-state index in [0.717, 1.165) is 0 Å². The molecule has 8 heteroatoms. The third-order valence-corrected chi connectivity index (χ3v) is 4.89. The highest BCUT2D eigenvalue weighted by Gasteiger charge is 2.15. The largest absolute Gasteiger partial charge is 0.497 e. The quantitative estimate of drug-likeness (QED) is 0.293. The molecule has 0 atom stereocenters. The number of hydrogen-bond donors (Lipinski definition) is 0. The van der Waals surface area contributed by atoms with Crippen molar-refractivity contribution in [3.63, 3.8) is 0 Å². The van der Waals surface area contributed by atoms with Crippen molar-refractivity contribution in [1.82, 2.24) is 10.2 Å². The fourth-order valence-electron chi connectivity index (χ4n) is 2.52. The Morgan fingerprint density at radius 3 is 2.61 bits per heavy atom. The number of aromatic nitrogens is 2. The number of methoxy groups -OCH3 is 2. The molecule has 146 valence electrons. The van der Waals surface area contributed by atoms with Crippen molar-refractivity contribution in [3.05, 3.63) is 53.8 Å². The van der Waals surface area contributed by atoms with Gasteiger partial charge in [-0.2, -0.15) is 0 Å². The Bertz CT molecular complexity index is 944. The molecule has 3 aromatic rings. The molecule has 0 aliphatic rings. The summed E-state index contributed by atoms with van der Waals surface area (Å²) in [6.07, 6.45) is 1.01. The Balaban J connectivity index is 1.54. The van der Waals surface area contributed by atoms with Gasteiger partial charge in [-0.25, -0.2) is 4.39 Å². The molecule has 1 heterocycles. The van der Waals surface area contributed by atoms with Crippen molar-refractivity contribution in [1.29, 1.82) is 0 Å². The molecule has 0 bridgehead atoms. The Hall–Kier alpha value is -2.87. The summed E-state index contributed by atoms with van der Waals surface area (Å²) < 4.78 is 29.1. The van der Waals surface area contributed by atoms with Gasteiger partial charge in [-0.15, -0.1) is 10.2 Å². The van der Waals surface area contributed by atoms with Gasteiger partial charge in [0.05, 0.1) is 19.8 Å². The summed E-state index contributed by atoms with van der Waals surface area (Å²) in [5.74, 6) is 1.87. The second kappa shape index (κ2) is 9.36. The van der Waals surface area contributed by atoms with E-state index in [1.165, 1.54) is 36.0 Å². The number of carbonyl (C=O) groups excluding carboxylic acids is 1. The maximum atomic E-state index is 12.9.